The molecule has 1 saturated heterocycles. The van der Waals surface area contributed by atoms with Gasteiger partial charge in [0.05, 0.1) is 5.25 Å². The fraction of sp³-hybridized carbons (Fsp3) is 0.438. The second-order valence-electron chi connectivity index (χ2n) is 5.68. The molecular formula is C16H18ClN5O2S. The Kier molecular flexibility index (Phi) is 5.70. The largest absolute Gasteiger partial charge is 0.278 e. The van der Waals surface area contributed by atoms with E-state index in [-0.39, 0.29) is 17.1 Å². The number of tetrazole rings is 1. The van der Waals surface area contributed by atoms with E-state index in [1.165, 1.54) is 16.7 Å². The van der Waals surface area contributed by atoms with Gasteiger partial charge in [-0.3, -0.25) is 14.5 Å². The summed E-state index contributed by atoms with van der Waals surface area (Å²) in [6.45, 7) is 2.99. The third-order valence-electron chi connectivity index (χ3n) is 4.02. The van der Waals surface area contributed by atoms with Crippen molar-refractivity contribution in [2.75, 3.05) is 6.54 Å². The summed E-state index contributed by atoms with van der Waals surface area (Å²) in [6, 6.07) is 6.59. The molecule has 0 N–H and O–H groups in total. The number of rotatable bonds is 4. The number of hydrogen-bond acceptors (Lipinski definition) is 6. The maximum absolute atomic E-state index is 12.9. The predicted octanol–water partition coefficient (Wildman–Crippen LogP) is 2.66. The Hall–Kier alpha value is -1.93. The number of aromatic nitrogens is 4. The van der Waals surface area contributed by atoms with Crippen LogP contribution in [0, 0.1) is 0 Å². The minimum absolute atomic E-state index is 0.187. The van der Waals surface area contributed by atoms with Crippen LogP contribution >= 0.6 is 23.4 Å². The molecule has 1 fully saturated rings. The van der Waals surface area contributed by atoms with Gasteiger partial charge in [0, 0.05) is 23.7 Å². The first-order valence-corrected chi connectivity index (χ1v) is 9.40. The molecule has 0 bridgehead atoms. The SMILES string of the molecule is CCn1nnnc1S[C@@H]1CCCCN(C(=O)c2ccc(Cl)cc2)C1=O. The summed E-state index contributed by atoms with van der Waals surface area (Å²) in [5, 5.41) is 12.3. The summed E-state index contributed by atoms with van der Waals surface area (Å²) < 4.78 is 1.65. The summed E-state index contributed by atoms with van der Waals surface area (Å²) in [6.07, 6.45) is 2.37. The van der Waals surface area contributed by atoms with Gasteiger partial charge in [0.1, 0.15) is 0 Å². The molecule has 3 rings (SSSR count). The summed E-state index contributed by atoms with van der Waals surface area (Å²) in [5.74, 6) is -0.475. The van der Waals surface area contributed by atoms with Gasteiger partial charge >= 0.3 is 0 Å². The van der Waals surface area contributed by atoms with E-state index < -0.39 is 0 Å². The highest BCUT2D eigenvalue weighted by Gasteiger charge is 2.33. The van der Waals surface area contributed by atoms with Gasteiger partial charge in [0.2, 0.25) is 11.1 Å². The first-order chi connectivity index (χ1) is 12.1. The maximum atomic E-state index is 12.9. The molecular weight excluding hydrogens is 362 g/mol. The normalized spacial score (nSPS) is 18.2. The number of benzene rings is 1. The first-order valence-electron chi connectivity index (χ1n) is 8.14. The Bertz CT molecular complexity index is 764. The number of halogens is 1. The van der Waals surface area contributed by atoms with Gasteiger partial charge < -0.3 is 0 Å². The molecule has 0 unspecified atom stereocenters. The minimum Gasteiger partial charge on any atom is -0.278 e. The highest BCUT2D eigenvalue weighted by atomic mass is 35.5. The second kappa shape index (κ2) is 7.97. The lowest BCUT2D eigenvalue weighted by molar-refractivity contribution is -0.127. The number of thioether (sulfide) groups is 1. The van der Waals surface area contributed by atoms with Gasteiger partial charge in [-0.15, -0.1) is 5.10 Å². The zero-order valence-corrected chi connectivity index (χ0v) is 15.3. The standard InChI is InChI=1S/C16H18ClN5O2S/c1-2-22-16(18-19-20-22)25-13-5-3-4-10-21(15(13)24)14(23)11-6-8-12(17)9-7-11/h6-9,13H,2-5,10H2,1H3/t13-/m1/s1. The van der Waals surface area contributed by atoms with Crippen LogP contribution < -0.4 is 0 Å². The Balaban J connectivity index is 1.79. The molecule has 0 aliphatic carbocycles. The van der Waals surface area contributed by atoms with Crippen LogP contribution in [0.5, 0.6) is 0 Å². The van der Waals surface area contributed by atoms with E-state index in [4.69, 9.17) is 11.6 Å². The van der Waals surface area contributed by atoms with Crippen LogP contribution in [0.15, 0.2) is 29.4 Å². The topological polar surface area (TPSA) is 81.0 Å². The lowest BCUT2D eigenvalue weighted by atomic mass is 10.2. The van der Waals surface area contributed by atoms with E-state index in [1.807, 2.05) is 6.92 Å². The van der Waals surface area contributed by atoms with Crippen molar-refractivity contribution in [2.24, 2.45) is 0 Å². The van der Waals surface area contributed by atoms with Crippen LogP contribution in [0.4, 0.5) is 0 Å². The molecule has 1 aromatic carbocycles. The molecule has 0 spiro atoms. The van der Waals surface area contributed by atoms with Gasteiger partial charge in [0.15, 0.2) is 0 Å². The van der Waals surface area contributed by atoms with Gasteiger partial charge in [-0.05, 0) is 54.5 Å². The van der Waals surface area contributed by atoms with Crippen LogP contribution in [0.25, 0.3) is 0 Å². The lowest BCUT2D eigenvalue weighted by Gasteiger charge is -2.22. The highest BCUT2D eigenvalue weighted by molar-refractivity contribution is 8.00. The second-order valence-corrected chi connectivity index (χ2v) is 7.29. The van der Waals surface area contributed by atoms with Crippen molar-refractivity contribution < 1.29 is 9.59 Å². The average molecular weight is 380 g/mol. The third kappa shape index (κ3) is 4.01. The van der Waals surface area contributed by atoms with Crippen LogP contribution in [-0.4, -0.2) is 48.7 Å². The Morgan fingerprint density at radius 1 is 1.32 bits per heavy atom. The van der Waals surface area contributed by atoms with Crippen LogP contribution in [0.2, 0.25) is 5.02 Å². The van der Waals surface area contributed by atoms with Crippen molar-refractivity contribution in [1.29, 1.82) is 0 Å². The van der Waals surface area contributed by atoms with Gasteiger partial charge in [0.25, 0.3) is 5.91 Å². The number of carbonyl (C=O) groups excluding carboxylic acids is 2. The van der Waals surface area contributed by atoms with E-state index in [2.05, 4.69) is 15.5 Å². The molecule has 132 valence electrons. The number of nitrogens with zero attached hydrogens (tertiary/aromatic N) is 5. The molecule has 2 aromatic rings. The highest BCUT2D eigenvalue weighted by Crippen LogP contribution is 2.29. The van der Waals surface area contributed by atoms with Crippen LogP contribution in [0.1, 0.15) is 36.5 Å². The van der Waals surface area contributed by atoms with Crippen molar-refractivity contribution in [2.45, 2.75) is 43.1 Å². The van der Waals surface area contributed by atoms with Gasteiger partial charge in [-0.25, -0.2) is 4.68 Å². The molecule has 1 atom stereocenters. The van der Waals surface area contributed by atoms with Gasteiger partial charge in [-0.2, -0.15) is 0 Å². The summed E-state index contributed by atoms with van der Waals surface area (Å²) in [7, 11) is 0. The maximum Gasteiger partial charge on any atom is 0.260 e. The Morgan fingerprint density at radius 2 is 2.08 bits per heavy atom. The lowest BCUT2D eigenvalue weighted by Crippen LogP contribution is -2.41. The van der Waals surface area contributed by atoms with Crippen LogP contribution in [0.3, 0.4) is 0 Å². The molecule has 2 amide bonds. The first kappa shape index (κ1) is 17.9. The summed E-state index contributed by atoms with van der Waals surface area (Å²) in [5.41, 5.74) is 0.460. The van der Waals surface area contributed by atoms with Crippen molar-refractivity contribution in [3.05, 3.63) is 34.9 Å². The predicted molar refractivity (Wildman–Crippen MR) is 94.5 cm³/mol. The van der Waals surface area contributed by atoms with E-state index in [0.717, 1.165) is 12.8 Å². The van der Waals surface area contributed by atoms with Crippen molar-refractivity contribution >= 4 is 35.2 Å². The molecule has 0 saturated carbocycles. The molecule has 1 aromatic heterocycles. The average Bonchev–Trinajstić information content (AvgIpc) is 2.99. The molecule has 1 aliphatic heterocycles. The Labute approximate surface area is 154 Å². The smallest absolute Gasteiger partial charge is 0.260 e. The quantitative estimate of drug-likeness (QED) is 0.759. The zero-order chi connectivity index (χ0) is 17.8. The fourth-order valence-corrected chi connectivity index (χ4v) is 3.94. The van der Waals surface area contributed by atoms with E-state index in [0.29, 0.717) is 35.3 Å². The van der Waals surface area contributed by atoms with Crippen molar-refractivity contribution in [1.82, 2.24) is 25.1 Å². The minimum atomic E-state index is -0.366. The molecule has 9 heteroatoms. The third-order valence-corrected chi connectivity index (χ3v) is 5.50. The van der Waals surface area contributed by atoms with Crippen molar-refractivity contribution in [3.63, 3.8) is 0 Å². The number of imide groups is 1. The van der Waals surface area contributed by atoms with E-state index in [1.54, 1.807) is 28.9 Å². The number of aryl methyl sites for hydroxylation is 1. The number of hydrogen-bond donors (Lipinski definition) is 0. The molecule has 25 heavy (non-hydrogen) atoms. The monoisotopic (exact) mass is 379 g/mol. The fourth-order valence-electron chi connectivity index (χ4n) is 2.67. The van der Waals surface area contributed by atoms with E-state index in [9.17, 15) is 9.59 Å². The molecule has 0 radical (unpaired) electrons. The summed E-state index contributed by atoms with van der Waals surface area (Å²) in [4.78, 5) is 27.0. The van der Waals surface area contributed by atoms with Crippen LogP contribution in [-0.2, 0) is 11.3 Å². The van der Waals surface area contributed by atoms with Crippen molar-refractivity contribution in [3.8, 4) is 0 Å². The number of amides is 2. The molecule has 2 heterocycles. The number of carbonyl (C=O) groups is 2. The molecule has 7 nitrogen and oxygen atoms in total. The Morgan fingerprint density at radius 3 is 2.80 bits per heavy atom. The summed E-state index contributed by atoms with van der Waals surface area (Å²) >= 11 is 7.20. The number of likely N-dealkylation sites (tertiary alicyclic amines) is 1. The van der Waals surface area contributed by atoms with Gasteiger partial charge in [-0.1, -0.05) is 29.8 Å². The molecule has 1 aliphatic rings. The van der Waals surface area contributed by atoms with E-state index >= 15 is 0 Å². The zero-order valence-electron chi connectivity index (χ0n) is 13.8.